The zero-order valence-corrected chi connectivity index (χ0v) is 16.6. The van der Waals surface area contributed by atoms with Crippen molar-refractivity contribution in [3.8, 4) is 11.5 Å². The second kappa shape index (κ2) is 9.54. The Labute approximate surface area is 167 Å². The highest BCUT2D eigenvalue weighted by Gasteiger charge is 2.26. The van der Waals surface area contributed by atoms with E-state index in [1.165, 1.54) is 7.11 Å². The Morgan fingerprint density at radius 2 is 1.90 bits per heavy atom. The number of nitrogens with zero attached hydrogens (tertiary/aromatic N) is 1. The highest BCUT2D eigenvalue weighted by atomic mass is 16.6. The van der Waals surface area contributed by atoms with Crippen LogP contribution in [0.3, 0.4) is 0 Å². The van der Waals surface area contributed by atoms with Crippen molar-refractivity contribution in [3.63, 3.8) is 0 Å². The predicted octanol–water partition coefficient (Wildman–Crippen LogP) is 3.41. The molecule has 9 nitrogen and oxygen atoms in total. The number of rotatable bonds is 8. The number of nitro benzene ring substituents is 1. The summed E-state index contributed by atoms with van der Waals surface area (Å²) in [6.07, 6.45) is 0. The standard InChI is InChI=1S/C20H22N2O7/c1-5-28-18-10-16(22(25)26)14(9-17(18)27-4)20(24)29-11-19(23)21-15-8-6-7-12(2)13(15)3/h6-10H,5,11H2,1-4H3,(H,21,23). The van der Waals surface area contributed by atoms with Crippen LogP contribution in [0.2, 0.25) is 0 Å². The molecule has 2 aromatic rings. The van der Waals surface area contributed by atoms with Gasteiger partial charge in [-0.3, -0.25) is 14.9 Å². The van der Waals surface area contributed by atoms with Gasteiger partial charge in [-0.2, -0.15) is 0 Å². The second-order valence-electron chi connectivity index (χ2n) is 6.08. The molecule has 0 aliphatic heterocycles. The zero-order valence-electron chi connectivity index (χ0n) is 16.6. The minimum atomic E-state index is -1.02. The van der Waals surface area contributed by atoms with Crippen LogP contribution in [0.25, 0.3) is 0 Å². The van der Waals surface area contributed by atoms with Crippen molar-refractivity contribution in [2.75, 3.05) is 25.6 Å². The topological polar surface area (TPSA) is 117 Å². The number of carbonyl (C=O) groups excluding carboxylic acids is 2. The molecular weight excluding hydrogens is 380 g/mol. The number of aryl methyl sites for hydroxylation is 1. The maximum absolute atomic E-state index is 12.4. The number of nitrogens with one attached hydrogen (secondary N) is 1. The molecule has 1 N–H and O–H groups in total. The normalized spacial score (nSPS) is 10.2. The summed E-state index contributed by atoms with van der Waals surface area (Å²) in [5, 5.41) is 14.0. The average molecular weight is 402 g/mol. The van der Waals surface area contributed by atoms with E-state index in [0.29, 0.717) is 5.69 Å². The molecule has 0 saturated heterocycles. The van der Waals surface area contributed by atoms with E-state index in [4.69, 9.17) is 14.2 Å². The van der Waals surface area contributed by atoms with Crippen LogP contribution in [0.4, 0.5) is 11.4 Å². The molecule has 29 heavy (non-hydrogen) atoms. The first kappa shape index (κ1) is 21.7. The van der Waals surface area contributed by atoms with Crippen LogP contribution in [-0.2, 0) is 9.53 Å². The largest absolute Gasteiger partial charge is 0.493 e. The van der Waals surface area contributed by atoms with E-state index in [1.807, 2.05) is 19.9 Å². The SMILES string of the molecule is CCOc1cc([N+](=O)[O-])c(C(=O)OCC(=O)Nc2cccc(C)c2C)cc1OC. The lowest BCUT2D eigenvalue weighted by Crippen LogP contribution is -2.22. The Morgan fingerprint density at radius 1 is 1.17 bits per heavy atom. The van der Waals surface area contributed by atoms with Gasteiger partial charge in [0.2, 0.25) is 0 Å². The van der Waals surface area contributed by atoms with Crippen molar-refractivity contribution in [2.45, 2.75) is 20.8 Å². The van der Waals surface area contributed by atoms with Gasteiger partial charge in [0.15, 0.2) is 18.1 Å². The molecule has 0 saturated carbocycles. The smallest absolute Gasteiger partial charge is 0.345 e. The Bertz CT molecular complexity index is 941. The van der Waals surface area contributed by atoms with Gasteiger partial charge in [-0.05, 0) is 38.0 Å². The first-order valence-electron chi connectivity index (χ1n) is 8.80. The molecule has 2 aromatic carbocycles. The number of hydrogen-bond donors (Lipinski definition) is 1. The number of hydrogen-bond acceptors (Lipinski definition) is 7. The third-order valence-electron chi connectivity index (χ3n) is 4.21. The predicted molar refractivity (Wildman–Crippen MR) is 106 cm³/mol. The number of benzene rings is 2. The van der Waals surface area contributed by atoms with Crippen LogP contribution < -0.4 is 14.8 Å². The number of methoxy groups -OCH3 is 1. The van der Waals surface area contributed by atoms with Crippen LogP contribution in [0.15, 0.2) is 30.3 Å². The Morgan fingerprint density at radius 3 is 2.52 bits per heavy atom. The van der Waals surface area contributed by atoms with Crippen LogP contribution in [0.5, 0.6) is 11.5 Å². The number of amides is 1. The van der Waals surface area contributed by atoms with Gasteiger partial charge < -0.3 is 19.5 Å². The highest BCUT2D eigenvalue weighted by molar-refractivity contribution is 5.98. The Kier molecular flexibility index (Phi) is 7.13. The summed E-state index contributed by atoms with van der Waals surface area (Å²) in [4.78, 5) is 35.1. The molecule has 0 heterocycles. The van der Waals surface area contributed by atoms with Crippen LogP contribution in [-0.4, -0.2) is 37.1 Å². The van der Waals surface area contributed by atoms with Gasteiger partial charge in [0.25, 0.3) is 11.6 Å². The van der Waals surface area contributed by atoms with Crippen molar-refractivity contribution in [1.82, 2.24) is 0 Å². The summed E-state index contributed by atoms with van der Waals surface area (Å²) < 4.78 is 15.4. The third-order valence-corrected chi connectivity index (χ3v) is 4.21. The molecule has 0 aromatic heterocycles. The maximum Gasteiger partial charge on any atom is 0.345 e. The molecule has 0 radical (unpaired) electrons. The lowest BCUT2D eigenvalue weighted by Gasteiger charge is -2.12. The molecule has 9 heteroatoms. The number of ether oxygens (including phenoxy) is 3. The van der Waals surface area contributed by atoms with Crippen molar-refractivity contribution < 1.29 is 28.7 Å². The fraction of sp³-hybridized carbons (Fsp3) is 0.300. The number of esters is 1. The van der Waals surface area contributed by atoms with E-state index in [0.717, 1.165) is 23.3 Å². The quantitative estimate of drug-likeness (QED) is 0.408. The molecule has 0 aliphatic rings. The van der Waals surface area contributed by atoms with Gasteiger partial charge in [0.05, 0.1) is 24.7 Å². The summed E-state index contributed by atoms with van der Waals surface area (Å²) in [6.45, 7) is 5.13. The highest BCUT2D eigenvalue weighted by Crippen LogP contribution is 2.35. The summed E-state index contributed by atoms with van der Waals surface area (Å²) in [7, 11) is 1.34. The summed E-state index contributed by atoms with van der Waals surface area (Å²) in [6, 6.07) is 7.68. The number of anilines is 1. The van der Waals surface area contributed by atoms with Gasteiger partial charge in [-0.25, -0.2) is 4.79 Å². The van der Waals surface area contributed by atoms with E-state index >= 15 is 0 Å². The fourth-order valence-electron chi connectivity index (χ4n) is 2.57. The zero-order chi connectivity index (χ0) is 21.6. The second-order valence-corrected chi connectivity index (χ2v) is 6.08. The van der Waals surface area contributed by atoms with Crippen molar-refractivity contribution >= 4 is 23.3 Å². The van der Waals surface area contributed by atoms with Gasteiger partial charge in [0.1, 0.15) is 5.56 Å². The summed E-state index contributed by atoms with van der Waals surface area (Å²) in [5.41, 5.74) is 1.64. The van der Waals surface area contributed by atoms with E-state index in [9.17, 15) is 19.7 Å². The third kappa shape index (κ3) is 5.22. The number of nitro groups is 1. The Balaban J connectivity index is 2.16. The Hall–Kier alpha value is -3.62. The van der Waals surface area contributed by atoms with Crippen molar-refractivity contribution in [2.24, 2.45) is 0 Å². The fourth-order valence-corrected chi connectivity index (χ4v) is 2.57. The summed E-state index contributed by atoms with van der Waals surface area (Å²) in [5.74, 6) is -1.31. The molecular formula is C20H22N2O7. The van der Waals surface area contributed by atoms with Crippen LogP contribution >= 0.6 is 0 Å². The monoisotopic (exact) mass is 402 g/mol. The van der Waals surface area contributed by atoms with Gasteiger partial charge >= 0.3 is 5.97 Å². The lowest BCUT2D eigenvalue weighted by atomic mass is 10.1. The molecule has 1 amide bonds. The van der Waals surface area contributed by atoms with Crippen molar-refractivity contribution in [1.29, 1.82) is 0 Å². The van der Waals surface area contributed by atoms with Crippen LogP contribution in [0, 0.1) is 24.0 Å². The molecule has 154 valence electrons. The van der Waals surface area contributed by atoms with Gasteiger partial charge in [-0.15, -0.1) is 0 Å². The van der Waals surface area contributed by atoms with Crippen LogP contribution in [0.1, 0.15) is 28.4 Å². The minimum absolute atomic E-state index is 0.130. The van der Waals surface area contributed by atoms with E-state index < -0.39 is 29.1 Å². The molecule has 0 aliphatic carbocycles. The van der Waals surface area contributed by atoms with Crippen molar-refractivity contribution in [3.05, 3.63) is 57.1 Å². The molecule has 0 spiro atoms. The average Bonchev–Trinajstić information content (AvgIpc) is 2.69. The molecule has 0 fully saturated rings. The minimum Gasteiger partial charge on any atom is -0.493 e. The first-order valence-corrected chi connectivity index (χ1v) is 8.80. The molecule has 2 rings (SSSR count). The maximum atomic E-state index is 12.4. The summed E-state index contributed by atoms with van der Waals surface area (Å²) >= 11 is 0. The van der Waals surface area contributed by atoms with E-state index in [1.54, 1.807) is 19.1 Å². The first-order chi connectivity index (χ1) is 13.8. The number of carbonyl (C=O) groups is 2. The van der Waals surface area contributed by atoms with Gasteiger partial charge in [0, 0.05) is 11.8 Å². The van der Waals surface area contributed by atoms with E-state index in [2.05, 4.69) is 5.32 Å². The van der Waals surface area contributed by atoms with E-state index in [-0.39, 0.29) is 23.7 Å². The molecule has 0 unspecified atom stereocenters. The van der Waals surface area contributed by atoms with Gasteiger partial charge in [-0.1, -0.05) is 12.1 Å². The lowest BCUT2D eigenvalue weighted by molar-refractivity contribution is -0.385. The molecule has 0 atom stereocenters. The molecule has 0 bridgehead atoms.